The second-order valence-corrected chi connectivity index (χ2v) is 7.87. The summed E-state index contributed by atoms with van der Waals surface area (Å²) in [4.78, 5) is 12.5. The Morgan fingerprint density at radius 1 is 1.26 bits per heavy atom. The average Bonchev–Trinajstić information content (AvgIpc) is 2.59. The van der Waals surface area contributed by atoms with Gasteiger partial charge in [0.2, 0.25) is 5.91 Å². The van der Waals surface area contributed by atoms with Crippen molar-refractivity contribution in [3.8, 4) is 11.5 Å². The van der Waals surface area contributed by atoms with E-state index >= 15 is 0 Å². The third-order valence-electron chi connectivity index (χ3n) is 4.37. The Morgan fingerprint density at radius 3 is 2.74 bits per heavy atom. The first-order valence-electron chi connectivity index (χ1n) is 8.58. The maximum absolute atomic E-state index is 12.5. The van der Waals surface area contributed by atoms with E-state index in [1.54, 1.807) is 31.4 Å². The molecular formula is C21H21Cl2NO3. The minimum absolute atomic E-state index is 0.160. The Labute approximate surface area is 169 Å². The quantitative estimate of drug-likeness (QED) is 0.689. The van der Waals surface area contributed by atoms with E-state index in [4.69, 9.17) is 32.7 Å². The third kappa shape index (κ3) is 4.76. The summed E-state index contributed by atoms with van der Waals surface area (Å²) in [5.74, 6) is 1.24. The number of rotatable bonds is 4. The molecule has 27 heavy (non-hydrogen) atoms. The van der Waals surface area contributed by atoms with E-state index in [0.29, 0.717) is 22.2 Å². The van der Waals surface area contributed by atoms with Crippen LogP contribution < -0.4 is 14.8 Å². The number of halogens is 2. The van der Waals surface area contributed by atoms with Crippen molar-refractivity contribution in [1.82, 2.24) is 5.32 Å². The molecule has 1 atom stereocenters. The van der Waals surface area contributed by atoms with Gasteiger partial charge in [-0.05, 0) is 49.8 Å². The van der Waals surface area contributed by atoms with Crippen molar-refractivity contribution < 1.29 is 14.3 Å². The van der Waals surface area contributed by atoms with Gasteiger partial charge < -0.3 is 14.8 Å². The summed E-state index contributed by atoms with van der Waals surface area (Å²) < 4.78 is 11.3. The minimum Gasteiger partial charge on any atom is -0.497 e. The van der Waals surface area contributed by atoms with E-state index in [0.717, 1.165) is 16.9 Å². The minimum atomic E-state index is -0.402. The van der Waals surface area contributed by atoms with Crippen molar-refractivity contribution in [3.05, 3.63) is 63.6 Å². The molecule has 1 aliphatic heterocycles. The molecule has 4 nitrogen and oxygen atoms in total. The highest BCUT2D eigenvalue weighted by Crippen LogP contribution is 2.41. The number of fused-ring (bicyclic) bond motifs is 1. The van der Waals surface area contributed by atoms with Crippen LogP contribution in [0.3, 0.4) is 0 Å². The van der Waals surface area contributed by atoms with Crippen LogP contribution in [0.25, 0.3) is 6.08 Å². The van der Waals surface area contributed by atoms with Crippen LogP contribution >= 0.6 is 23.2 Å². The summed E-state index contributed by atoms with van der Waals surface area (Å²) in [5, 5.41) is 4.10. The molecule has 0 radical (unpaired) electrons. The first-order valence-corrected chi connectivity index (χ1v) is 9.33. The second-order valence-electron chi connectivity index (χ2n) is 7.03. The molecule has 3 rings (SSSR count). The van der Waals surface area contributed by atoms with Crippen LogP contribution in [0.15, 0.2) is 42.5 Å². The van der Waals surface area contributed by atoms with Crippen molar-refractivity contribution in [2.24, 2.45) is 0 Å². The maximum Gasteiger partial charge on any atom is 0.244 e. The zero-order chi connectivity index (χ0) is 19.6. The molecule has 1 unspecified atom stereocenters. The van der Waals surface area contributed by atoms with Gasteiger partial charge in [-0.1, -0.05) is 29.3 Å². The first kappa shape index (κ1) is 19.6. The Bertz CT molecular complexity index is 893. The number of carbonyl (C=O) groups excluding carboxylic acids is 1. The number of ether oxygens (including phenoxy) is 2. The zero-order valence-corrected chi connectivity index (χ0v) is 16.9. The summed E-state index contributed by atoms with van der Waals surface area (Å²) in [6, 6.07) is 10.6. The van der Waals surface area contributed by atoms with Gasteiger partial charge >= 0.3 is 0 Å². The number of methoxy groups -OCH3 is 1. The highest BCUT2D eigenvalue weighted by Gasteiger charge is 2.34. The van der Waals surface area contributed by atoms with Gasteiger partial charge in [-0.25, -0.2) is 0 Å². The van der Waals surface area contributed by atoms with E-state index in [2.05, 4.69) is 5.32 Å². The third-order valence-corrected chi connectivity index (χ3v) is 4.93. The van der Waals surface area contributed by atoms with Crippen LogP contribution in [0.4, 0.5) is 0 Å². The largest absolute Gasteiger partial charge is 0.497 e. The fraction of sp³-hybridized carbons (Fsp3) is 0.286. The Kier molecular flexibility index (Phi) is 5.68. The summed E-state index contributed by atoms with van der Waals surface area (Å²) in [6.07, 6.45) is 3.81. The van der Waals surface area contributed by atoms with Crippen LogP contribution in [-0.4, -0.2) is 18.6 Å². The molecule has 2 aromatic carbocycles. The lowest BCUT2D eigenvalue weighted by molar-refractivity contribution is -0.117. The zero-order valence-electron chi connectivity index (χ0n) is 15.4. The van der Waals surface area contributed by atoms with Crippen LogP contribution in [0.1, 0.15) is 37.4 Å². The topological polar surface area (TPSA) is 47.6 Å². The predicted octanol–water partition coefficient (Wildman–Crippen LogP) is 5.43. The van der Waals surface area contributed by atoms with E-state index in [-0.39, 0.29) is 11.9 Å². The fourth-order valence-electron chi connectivity index (χ4n) is 3.11. The first-order chi connectivity index (χ1) is 12.8. The number of carbonyl (C=O) groups is 1. The van der Waals surface area contributed by atoms with E-state index in [9.17, 15) is 4.79 Å². The highest BCUT2D eigenvalue weighted by molar-refractivity contribution is 6.35. The maximum atomic E-state index is 12.5. The van der Waals surface area contributed by atoms with Gasteiger partial charge in [0.1, 0.15) is 17.1 Å². The van der Waals surface area contributed by atoms with Crippen molar-refractivity contribution in [1.29, 1.82) is 0 Å². The van der Waals surface area contributed by atoms with E-state index in [1.807, 2.05) is 32.0 Å². The molecule has 1 amide bonds. The molecule has 0 aromatic heterocycles. The molecule has 2 aromatic rings. The smallest absolute Gasteiger partial charge is 0.244 e. The lowest BCUT2D eigenvalue weighted by Gasteiger charge is -2.37. The van der Waals surface area contributed by atoms with Crippen molar-refractivity contribution >= 4 is 35.2 Å². The fourth-order valence-corrected chi connectivity index (χ4v) is 3.58. The molecular weight excluding hydrogens is 385 g/mol. The molecule has 6 heteroatoms. The number of nitrogens with one attached hydrogen (secondary N) is 1. The van der Waals surface area contributed by atoms with Crippen molar-refractivity contribution in [2.45, 2.75) is 31.9 Å². The SMILES string of the molecule is COc1ccc2c(c1)OC(C)(C)CC2NC(=O)/C=C/c1ccc(Cl)cc1Cl. The molecule has 0 bridgehead atoms. The van der Waals surface area contributed by atoms with Crippen LogP contribution in [-0.2, 0) is 4.79 Å². The average molecular weight is 406 g/mol. The van der Waals surface area contributed by atoms with Gasteiger partial charge in [0, 0.05) is 34.2 Å². The molecule has 1 aliphatic rings. The monoisotopic (exact) mass is 405 g/mol. The van der Waals surface area contributed by atoms with Gasteiger partial charge in [-0.3, -0.25) is 4.79 Å². The summed E-state index contributed by atoms with van der Waals surface area (Å²) in [6.45, 7) is 4.00. The van der Waals surface area contributed by atoms with E-state index in [1.165, 1.54) is 6.08 Å². The normalized spacial score (nSPS) is 17.9. The summed E-state index contributed by atoms with van der Waals surface area (Å²) >= 11 is 12.0. The molecule has 0 aliphatic carbocycles. The summed E-state index contributed by atoms with van der Waals surface area (Å²) in [5.41, 5.74) is 1.26. The Morgan fingerprint density at radius 2 is 2.04 bits per heavy atom. The van der Waals surface area contributed by atoms with Gasteiger partial charge in [0.25, 0.3) is 0 Å². The van der Waals surface area contributed by atoms with E-state index < -0.39 is 5.60 Å². The molecule has 0 spiro atoms. The molecule has 1 heterocycles. The summed E-state index contributed by atoms with van der Waals surface area (Å²) in [7, 11) is 1.61. The van der Waals surface area contributed by atoms with Crippen LogP contribution in [0.5, 0.6) is 11.5 Å². The number of hydrogen-bond donors (Lipinski definition) is 1. The Balaban J connectivity index is 1.78. The van der Waals surface area contributed by atoms with Crippen molar-refractivity contribution in [3.63, 3.8) is 0 Å². The number of hydrogen-bond acceptors (Lipinski definition) is 3. The van der Waals surface area contributed by atoms with Crippen LogP contribution in [0, 0.1) is 0 Å². The number of benzene rings is 2. The lowest BCUT2D eigenvalue weighted by Crippen LogP contribution is -2.40. The van der Waals surface area contributed by atoms with Gasteiger partial charge in [-0.2, -0.15) is 0 Å². The van der Waals surface area contributed by atoms with Gasteiger partial charge in [-0.15, -0.1) is 0 Å². The second kappa shape index (κ2) is 7.83. The van der Waals surface area contributed by atoms with Crippen molar-refractivity contribution in [2.75, 3.05) is 7.11 Å². The number of amides is 1. The highest BCUT2D eigenvalue weighted by atomic mass is 35.5. The van der Waals surface area contributed by atoms with Gasteiger partial charge in [0.15, 0.2) is 0 Å². The predicted molar refractivity (Wildman–Crippen MR) is 109 cm³/mol. The van der Waals surface area contributed by atoms with Crippen LogP contribution in [0.2, 0.25) is 10.0 Å². The molecule has 1 N–H and O–H groups in total. The molecule has 0 fully saturated rings. The molecule has 142 valence electrons. The lowest BCUT2D eigenvalue weighted by atomic mass is 9.89. The standard InChI is InChI=1S/C21H21Cl2NO3/c1-21(2)12-18(16-8-7-15(26-3)11-19(16)27-21)24-20(25)9-5-13-4-6-14(22)10-17(13)23/h4-11,18H,12H2,1-3H3,(H,24,25)/b9-5+. The Hall–Kier alpha value is -2.17. The van der Waals surface area contributed by atoms with Gasteiger partial charge in [0.05, 0.1) is 13.2 Å². The molecule has 0 saturated heterocycles. The molecule has 0 saturated carbocycles.